The topological polar surface area (TPSA) is 243 Å². The third kappa shape index (κ3) is 11.1. The van der Waals surface area contributed by atoms with Crippen LogP contribution in [-0.2, 0) is 33.1 Å². The molecule has 0 rings (SSSR count). The zero-order chi connectivity index (χ0) is 21.9. The molecular weight excluding hydrogens is 405 g/mol. The largest absolute Gasteiger partial charge is 0.613 e. The van der Waals surface area contributed by atoms with E-state index in [0.29, 0.717) is 0 Å². The molecule has 0 aliphatic rings. The van der Waals surface area contributed by atoms with Gasteiger partial charge in [0.1, 0.15) is 12.6 Å². The Bertz CT molecular complexity index is 627. The van der Waals surface area contributed by atoms with E-state index in [-0.39, 0.29) is 12.8 Å². The summed E-state index contributed by atoms with van der Waals surface area (Å²) in [4.78, 5) is 54.8. The van der Waals surface area contributed by atoms with Crippen LogP contribution in [0, 0.1) is 0 Å². The number of hydrogen-bond donors (Lipinski definition) is 7. The SMILES string of the molecule is NC(CCC(=O)NC(CO[P+](=O)NC(CCC(=O)O)C(=O)O)C(=O)O)C(=O)O. The van der Waals surface area contributed by atoms with E-state index in [9.17, 15) is 28.5 Å². The molecule has 1 amide bonds. The molecule has 0 aliphatic heterocycles. The number of nitrogens with one attached hydrogen (secondary N) is 2. The van der Waals surface area contributed by atoms with Crippen molar-refractivity contribution in [2.75, 3.05) is 6.61 Å². The quantitative estimate of drug-likeness (QED) is 0.145. The number of nitrogens with two attached hydrogens (primary N) is 1. The van der Waals surface area contributed by atoms with Crippen LogP contribution in [0.25, 0.3) is 0 Å². The molecule has 158 valence electrons. The van der Waals surface area contributed by atoms with Gasteiger partial charge in [-0.25, -0.2) is 4.79 Å². The van der Waals surface area contributed by atoms with Crippen LogP contribution in [0.5, 0.6) is 0 Å². The third-order valence-corrected chi connectivity index (χ3v) is 4.10. The van der Waals surface area contributed by atoms with Crippen LogP contribution < -0.4 is 16.1 Å². The van der Waals surface area contributed by atoms with Gasteiger partial charge in [0.15, 0.2) is 12.1 Å². The van der Waals surface area contributed by atoms with E-state index in [2.05, 4.69) is 0 Å². The summed E-state index contributed by atoms with van der Waals surface area (Å²) in [6.45, 7) is -0.792. The molecule has 4 unspecified atom stereocenters. The van der Waals surface area contributed by atoms with Crippen molar-refractivity contribution in [1.29, 1.82) is 0 Å². The lowest BCUT2D eigenvalue weighted by atomic mass is 10.1. The maximum Gasteiger partial charge on any atom is 0.613 e. The molecule has 0 heterocycles. The molecular formula is C13H21N3O11P+. The summed E-state index contributed by atoms with van der Waals surface area (Å²) < 4.78 is 16.4. The lowest BCUT2D eigenvalue weighted by Crippen LogP contribution is -2.44. The molecule has 0 aromatic rings. The Hall–Kier alpha value is -2.67. The van der Waals surface area contributed by atoms with Crippen LogP contribution in [0.15, 0.2) is 0 Å². The van der Waals surface area contributed by atoms with Crippen LogP contribution in [0.1, 0.15) is 25.7 Å². The highest BCUT2D eigenvalue weighted by molar-refractivity contribution is 7.36. The summed E-state index contributed by atoms with van der Waals surface area (Å²) in [5, 5.41) is 39.1. The first-order valence-corrected chi connectivity index (χ1v) is 8.93. The zero-order valence-corrected chi connectivity index (χ0v) is 15.3. The average molecular weight is 426 g/mol. The van der Waals surface area contributed by atoms with Gasteiger partial charge in [-0.3, -0.25) is 19.2 Å². The third-order valence-electron chi connectivity index (χ3n) is 3.20. The minimum Gasteiger partial charge on any atom is -0.481 e. The molecule has 0 bridgehead atoms. The van der Waals surface area contributed by atoms with Gasteiger partial charge in [-0.1, -0.05) is 5.09 Å². The van der Waals surface area contributed by atoms with Gasteiger partial charge >= 0.3 is 32.1 Å². The predicted molar refractivity (Wildman–Crippen MR) is 89.4 cm³/mol. The molecule has 15 heteroatoms. The Morgan fingerprint density at radius 3 is 1.93 bits per heavy atom. The highest BCUT2D eigenvalue weighted by atomic mass is 31.1. The number of hydrogen-bond acceptors (Lipinski definition) is 8. The van der Waals surface area contributed by atoms with Gasteiger partial charge in [0.25, 0.3) is 0 Å². The van der Waals surface area contributed by atoms with Gasteiger partial charge in [-0.05, 0) is 17.4 Å². The maximum atomic E-state index is 11.7. The molecule has 0 aliphatic carbocycles. The molecule has 0 radical (unpaired) electrons. The maximum absolute atomic E-state index is 11.7. The first kappa shape index (κ1) is 25.3. The van der Waals surface area contributed by atoms with Crippen LogP contribution in [-0.4, -0.2) is 74.9 Å². The minimum atomic E-state index is -2.88. The van der Waals surface area contributed by atoms with Crippen LogP contribution in [0.2, 0.25) is 0 Å². The molecule has 0 spiro atoms. The summed E-state index contributed by atoms with van der Waals surface area (Å²) in [7, 11) is -2.88. The highest BCUT2D eigenvalue weighted by Crippen LogP contribution is 2.19. The number of amides is 1. The van der Waals surface area contributed by atoms with Crippen molar-refractivity contribution in [3.63, 3.8) is 0 Å². The lowest BCUT2D eigenvalue weighted by Gasteiger charge is -2.12. The van der Waals surface area contributed by atoms with E-state index in [1.54, 1.807) is 0 Å². The van der Waals surface area contributed by atoms with Crippen molar-refractivity contribution in [3.8, 4) is 0 Å². The minimum absolute atomic E-state index is 0.242. The molecule has 0 aromatic heterocycles. The fraction of sp³-hybridized carbons (Fsp3) is 0.615. The van der Waals surface area contributed by atoms with Gasteiger partial charge in [0, 0.05) is 12.8 Å². The smallest absolute Gasteiger partial charge is 0.481 e. The fourth-order valence-electron chi connectivity index (χ4n) is 1.67. The zero-order valence-electron chi connectivity index (χ0n) is 14.4. The van der Waals surface area contributed by atoms with E-state index in [1.165, 1.54) is 0 Å². The molecule has 0 fully saturated rings. The standard InChI is InChI=1S/C13H20N3O11P/c14-6(11(20)21)1-3-9(17)15-8(13(24)25)5-27-28(26)16-7(12(22)23)2-4-10(18)19/h6-8H,1-5,14H2,(H5-,15,16,17,18,19,20,21,22,23,24,25,26)/p+1. The van der Waals surface area contributed by atoms with Crippen molar-refractivity contribution < 1.29 is 53.5 Å². The molecule has 0 saturated carbocycles. The second kappa shape index (κ2) is 12.7. The molecule has 4 atom stereocenters. The van der Waals surface area contributed by atoms with Crippen molar-refractivity contribution in [1.82, 2.24) is 10.4 Å². The summed E-state index contributed by atoms with van der Waals surface area (Å²) in [5.74, 6) is -6.45. The Balaban J connectivity index is 4.56. The summed E-state index contributed by atoms with van der Waals surface area (Å²) in [6.07, 6.45) is -1.52. The highest BCUT2D eigenvalue weighted by Gasteiger charge is 2.32. The van der Waals surface area contributed by atoms with Crippen molar-refractivity contribution >= 4 is 38.0 Å². The summed E-state index contributed by atoms with van der Waals surface area (Å²) in [5.41, 5.74) is 5.22. The number of carboxylic acids is 4. The second-order valence-corrected chi connectivity index (χ2v) is 6.48. The Morgan fingerprint density at radius 2 is 1.46 bits per heavy atom. The second-order valence-electron chi connectivity index (χ2n) is 5.45. The number of carbonyl (C=O) groups excluding carboxylic acids is 1. The van der Waals surface area contributed by atoms with Crippen molar-refractivity contribution in [2.45, 2.75) is 43.8 Å². The summed E-state index contributed by atoms with van der Waals surface area (Å²) in [6, 6.07) is -4.45. The van der Waals surface area contributed by atoms with E-state index >= 15 is 0 Å². The Kier molecular flexibility index (Phi) is 11.5. The molecule has 0 saturated heterocycles. The normalized spacial score (nSPS) is 14.4. The van der Waals surface area contributed by atoms with Gasteiger partial charge in [-0.15, -0.1) is 4.52 Å². The number of aliphatic carboxylic acids is 4. The average Bonchev–Trinajstić information content (AvgIpc) is 2.58. The van der Waals surface area contributed by atoms with Crippen LogP contribution in [0.3, 0.4) is 0 Å². The fourth-order valence-corrected chi connectivity index (χ4v) is 2.52. The van der Waals surface area contributed by atoms with E-state index in [1.807, 2.05) is 10.4 Å². The number of carbonyl (C=O) groups is 5. The van der Waals surface area contributed by atoms with E-state index in [0.717, 1.165) is 0 Å². The van der Waals surface area contributed by atoms with Gasteiger partial charge < -0.3 is 31.5 Å². The summed E-state index contributed by atoms with van der Waals surface area (Å²) >= 11 is 0. The monoisotopic (exact) mass is 426 g/mol. The van der Waals surface area contributed by atoms with Crippen molar-refractivity contribution in [3.05, 3.63) is 0 Å². The molecule has 0 aromatic carbocycles. The predicted octanol–water partition coefficient (Wildman–Crippen LogP) is -1.67. The van der Waals surface area contributed by atoms with E-state index in [4.69, 9.17) is 30.7 Å². The van der Waals surface area contributed by atoms with Crippen LogP contribution >= 0.6 is 8.18 Å². The van der Waals surface area contributed by atoms with Crippen LogP contribution in [0.4, 0.5) is 0 Å². The lowest BCUT2D eigenvalue weighted by molar-refractivity contribution is -0.143. The van der Waals surface area contributed by atoms with Gasteiger partial charge in [0.05, 0.1) is 0 Å². The van der Waals surface area contributed by atoms with Gasteiger partial charge in [0.2, 0.25) is 5.91 Å². The molecule has 28 heavy (non-hydrogen) atoms. The van der Waals surface area contributed by atoms with Crippen molar-refractivity contribution in [2.24, 2.45) is 5.73 Å². The first-order chi connectivity index (χ1) is 12.9. The molecule has 8 N–H and O–H groups in total. The molecule has 14 nitrogen and oxygen atoms in total. The number of carboxylic acid groups (broad SMARTS) is 4. The van der Waals surface area contributed by atoms with Gasteiger partial charge in [-0.2, -0.15) is 0 Å². The Labute approximate surface area is 159 Å². The Morgan fingerprint density at radius 1 is 0.893 bits per heavy atom. The number of rotatable bonds is 15. The van der Waals surface area contributed by atoms with E-state index < -0.39 is 75.5 Å². The first-order valence-electron chi connectivity index (χ1n) is 7.75.